The first kappa shape index (κ1) is 36.8. The molecule has 12 rings (SSSR count). The molecule has 9 aromatic carbocycles. The number of rotatable bonds is 7. The molecule has 0 saturated carbocycles. The van der Waals surface area contributed by atoms with Crippen molar-refractivity contribution in [2.45, 2.75) is 0 Å². The number of pyridine rings is 1. The fourth-order valence-corrected chi connectivity index (χ4v) is 10.3. The number of aromatic nitrogens is 3. The van der Waals surface area contributed by atoms with Crippen LogP contribution in [0, 0.1) is 0 Å². The summed E-state index contributed by atoms with van der Waals surface area (Å²) in [7, 11) is 0. The van der Waals surface area contributed by atoms with Gasteiger partial charge < -0.3 is 0 Å². The lowest BCUT2D eigenvalue weighted by molar-refractivity contribution is 1.18. The lowest BCUT2D eigenvalue weighted by Crippen LogP contribution is -2.01. The summed E-state index contributed by atoms with van der Waals surface area (Å²) in [6, 6.07) is 79.6. The van der Waals surface area contributed by atoms with Gasteiger partial charge >= 0.3 is 0 Å². The third-order valence-electron chi connectivity index (χ3n) is 12.1. The summed E-state index contributed by atoms with van der Waals surface area (Å²) in [6.45, 7) is 0. The third kappa shape index (κ3) is 6.56. The van der Waals surface area contributed by atoms with Crippen molar-refractivity contribution in [2.75, 3.05) is 0 Å². The third-order valence-corrected chi connectivity index (χ3v) is 13.3. The van der Waals surface area contributed by atoms with Crippen LogP contribution < -0.4 is 0 Å². The van der Waals surface area contributed by atoms with Crippen LogP contribution in [-0.4, -0.2) is 15.0 Å². The topological polar surface area (TPSA) is 38.7 Å². The summed E-state index contributed by atoms with van der Waals surface area (Å²) in [6.07, 6.45) is 0. The molecule has 0 atom stereocenters. The fourth-order valence-electron chi connectivity index (χ4n) is 9.08. The maximum absolute atomic E-state index is 5.51. The summed E-state index contributed by atoms with van der Waals surface area (Å²) in [5, 5.41) is 6.10. The van der Waals surface area contributed by atoms with E-state index in [2.05, 4.69) is 218 Å². The monoisotopic (exact) mass is 819 g/mol. The van der Waals surface area contributed by atoms with E-state index in [1.54, 1.807) is 0 Å². The molecule has 12 aromatic rings. The van der Waals surface area contributed by atoms with E-state index in [-0.39, 0.29) is 0 Å². The number of hydrogen-bond acceptors (Lipinski definition) is 4. The van der Waals surface area contributed by atoms with Gasteiger partial charge in [0.05, 0.1) is 22.6 Å². The first-order chi connectivity index (χ1) is 31.2. The summed E-state index contributed by atoms with van der Waals surface area (Å²) < 4.78 is 2.58. The predicted octanol–water partition coefficient (Wildman–Crippen LogP) is 16.2. The van der Waals surface area contributed by atoms with Gasteiger partial charge in [-0.3, -0.25) is 0 Å². The quantitative estimate of drug-likeness (QED) is 0.150. The van der Waals surface area contributed by atoms with Crippen LogP contribution in [0.5, 0.6) is 0 Å². The minimum Gasteiger partial charge on any atom is -0.247 e. The van der Waals surface area contributed by atoms with E-state index in [0.717, 1.165) is 89.0 Å². The van der Waals surface area contributed by atoms with Crippen LogP contribution in [-0.2, 0) is 0 Å². The van der Waals surface area contributed by atoms with E-state index in [0.29, 0.717) is 5.82 Å². The smallest absolute Gasteiger partial charge is 0.160 e. The highest BCUT2D eigenvalue weighted by molar-refractivity contribution is 7.26. The molecule has 3 heterocycles. The number of para-hydroxylation sites is 1. The van der Waals surface area contributed by atoms with E-state index in [9.17, 15) is 0 Å². The van der Waals surface area contributed by atoms with Gasteiger partial charge in [0.25, 0.3) is 0 Å². The minimum atomic E-state index is 0.672. The number of thiophene rings is 1. The summed E-state index contributed by atoms with van der Waals surface area (Å²) in [5.41, 5.74) is 14.2. The SMILES string of the molecule is c1ccc(-c2cccc(-c3nc(-c4ccccc4)nc(-c4cccc(-c5ccccc5)c4)c3-c3cccc(-c4nc5ccccc5c5c4ccc4c6ccccc6sc45)c3)c2)cc1. The number of hydrogen-bond donors (Lipinski definition) is 0. The van der Waals surface area contributed by atoms with E-state index in [1.807, 2.05) is 17.4 Å². The van der Waals surface area contributed by atoms with Gasteiger partial charge in [0.1, 0.15) is 0 Å². The normalized spacial score (nSPS) is 11.5. The Bertz CT molecular complexity index is 3570. The second-order valence-corrected chi connectivity index (χ2v) is 17.0. The van der Waals surface area contributed by atoms with Crippen molar-refractivity contribution in [2.24, 2.45) is 0 Å². The van der Waals surface area contributed by atoms with E-state index in [1.165, 1.54) is 25.6 Å². The molecule has 0 aliphatic heterocycles. The van der Waals surface area contributed by atoms with Crippen molar-refractivity contribution in [3.63, 3.8) is 0 Å². The average Bonchev–Trinajstić information content (AvgIpc) is 3.75. The van der Waals surface area contributed by atoms with Gasteiger partial charge in [-0.2, -0.15) is 0 Å². The maximum atomic E-state index is 5.51. The molecular weight excluding hydrogens is 783 g/mol. The van der Waals surface area contributed by atoms with Crippen molar-refractivity contribution in [3.05, 3.63) is 224 Å². The minimum absolute atomic E-state index is 0.672. The van der Waals surface area contributed by atoms with Crippen LogP contribution >= 0.6 is 11.3 Å². The predicted molar refractivity (Wildman–Crippen MR) is 266 cm³/mol. The summed E-state index contributed by atoms with van der Waals surface area (Å²) >= 11 is 1.86. The molecule has 4 heteroatoms. The summed E-state index contributed by atoms with van der Waals surface area (Å²) in [5.74, 6) is 0.672. The molecule has 0 aliphatic carbocycles. The van der Waals surface area contributed by atoms with Crippen molar-refractivity contribution >= 4 is 53.2 Å². The number of nitrogens with zero attached hydrogens (tertiary/aromatic N) is 3. The molecule has 3 nitrogen and oxygen atoms in total. The Labute approximate surface area is 369 Å². The molecular formula is C59H37N3S. The first-order valence-electron chi connectivity index (χ1n) is 21.3. The van der Waals surface area contributed by atoms with Crippen LogP contribution in [0.2, 0.25) is 0 Å². The highest BCUT2D eigenvalue weighted by Crippen LogP contribution is 2.46. The van der Waals surface area contributed by atoms with E-state index < -0.39 is 0 Å². The molecule has 0 N–H and O–H groups in total. The van der Waals surface area contributed by atoms with Crippen molar-refractivity contribution in [3.8, 4) is 78.5 Å². The van der Waals surface area contributed by atoms with E-state index in [4.69, 9.17) is 15.0 Å². The Hall–Kier alpha value is -8.05. The Balaban J connectivity index is 1.14. The van der Waals surface area contributed by atoms with Gasteiger partial charge in [-0.1, -0.05) is 194 Å². The van der Waals surface area contributed by atoms with Crippen molar-refractivity contribution < 1.29 is 0 Å². The van der Waals surface area contributed by atoms with Crippen LogP contribution in [0.15, 0.2) is 224 Å². The van der Waals surface area contributed by atoms with Gasteiger partial charge in [-0.25, -0.2) is 15.0 Å². The first-order valence-corrected chi connectivity index (χ1v) is 22.1. The van der Waals surface area contributed by atoms with Crippen molar-refractivity contribution in [1.82, 2.24) is 15.0 Å². The van der Waals surface area contributed by atoms with E-state index >= 15 is 0 Å². The average molecular weight is 820 g/mol. The highest BCUT2D eigenvalue weighted by Gasteiger charge is 2.23. The largest absolute Gasteiger partial charge is 0.247 e. The second kappa shape index (κ2) is 15.4. The number of benzene rings is 9. The lowest BCUT2D eigenvalue weighted by atomic mass is 9.90. The molecule has 63 heavy (non-hydrogen) atoms. The molecule has 0 bridgehead atoms. The molecule has 294 valence electrons. The molecule has 3 aromatic heterocycles. The van der Waals surface area contributed by atoms with Crippen molar-refractivity contribution in [1.29, 1.82) is 0 Å². The van der Waals surface area contributed by atoms with Crippen LogP contribution in [0.3, 0.4) is 0 Å². The van der Waals surface area contributed by atoms with Gasteiger partial charge in [0.15, 0.2) is 5.82 Å². The molecule has 0 saturated heterocycles. The standard InChI is InChI=1S/C59H37N3S/c1-4-17-38(18-5-1)41-23-14-27-45(35-41)56-53(57(62-59(61-56)40-21-8-3-9-22-40)46-28-15-24-42(36-46)39-19-6-2-7-20-39)43-25-16-26-44(37-43)55-50-34-33-48-47-29-11-13-32-52(47)63-58(48)54(50)49-30-10-12-31-51(49)60-55/h1-37H. The summed E-state index contributed by atoms with van der Waals surface area (Å²) in [4.78, 5) is 16.5. The maximum Gasteiger partial charge on any atom is 0.160 e. The number of fused-ring (bicyclic) bond motifs is 7. The Morgan fingerprint density at radius 3 is 1.38 bits per heavy atom. The molecule has 0 radical (unpaired) electrons. The zero-order valence-electron chi connectivity index (χ0n) is 34.1. The molecule has 0 unspecified atom stereocenters. The van der Waals surface area contributed by atoms with Gasteiger partial charge in [0.2, 0.25) is 0 Å². The van der Waals surface area contributed by atoms with Crippen LogP contribution in [0.4, 0.5) is 0 Å². The highest BCUT2D eigenvalue weighted by atomic mass is 32.1. The van der Waals surface area contributed by atoms with Gasteiger partial charge in [-0.05, 0) is 58.1 Å². The van der Waals surface area contributed by atoms with Crippen LogP contribution in [0.25, 0.3) is 120 Å². The Kier molecular flexibility index (Phi) is 9.02. The van der Waals surface area contributed by atoms with Crippen LogP contribution in [0.1, 0.15) is 0 Å². The molecule has 0 aliphatic rings. The molecule has 0 spiro atoms. The fraction of sp³-hybridized carbons (Fsp3) is 0. The Morgan fingerprint density at radius 1 is 0.286 bits per heavy atom. The lowest BCUT2D eigenvalue weighted by Gasteiger charge is -2.19. The zero-order valence-corrected chi connectivity index (χ0v) is 34.9. The molecule has 0 amide bonds. The van der Waals surface area contributed by atoms with Gasteiger partial charge in [-0.15, -0.1) is 11.3 Å². The zero-order chi connectivity index (χ0) is 41.7. The van der Waals surface area contributed by atoms with Gasteiger partial charge in [0, 0.05) is 64.1 Å². The Morgan fingerprint density at radius 2 is 0.746 bits per heavy atom. The molecule has 0 fully saturated rings. The second-order valence-electron chi connectivity index (χ2n) is 15.9.